The van der Waals surface area contributed by atoms with E-state index in [2.05, 4.69) is 20.4 Å². The molecule has 0 spiro atoms. The number of piperazine rings is 1. The molecule has 0 aliphatic carbocycles. The second-order valence-electron chi connectivity index (χ2n) is 8.19. The van der Waals surface area contributed by atoms with Gasteiger partial charge >= 0.3 is 12.1 Å². The van der Waals surface area contributed by atoms with Crippen LogP contribution < -0.4 is 5.32 Å². The first-order valence-corrected chi connectivity index (χ1v) is 10.8. The SMILES string of the molecule is Cc1c(CN2CCN(C(=O)OC(C)C)[C@@H](C)C2)cc(Cl)cc1Nc1nnc([C@H](C)O)o1. The van der Waals surface area contributed by atoms with Crippen LogP contribution in [-0.4, -0.2) is 63.0 Å². The Hall–Kier alpha value is -2.36. The van der Waals surface area contributed by atoms with Gasteiger partial charge in [0.05, 0.1) is 6.10 Å². The van der Waals surface area contributed by atoms with Crippen molar-refractivity contribution in [2.45, 2.75) is 59.4 Å². The molecule has 2 atom stereocenters. The van der Waals surface area contributed by atoms with Crippen LogP contribution in [0.4, 0.5) is 16.5 Å². The Labute approximate surface area is 187 Å². The summed E-state index contributed by atoms with van der Waals surface area (Å²) < 4.78 is 10.8. The smallest absolute Gasteiger partial charge is 0.410 e. The van der Waals surface area contributed by atoms with E-state index in [4.69, 9.17) is 20.8 Å². The lowest BCUT2D eigenvalue weighted by Gasteiger charge is -2.39. The topological polar surface area (TPSA) is 104 Å². The number of carbonyl (C=O) groups is 1. The quantitative estimate of drug-likeness (QED) is 0.681. The van der Waals surface area contributed by atoms with Crippen molar-refractivity contribution in [1.82, 2.24) is 20.0 Å². The molecule has 10 heteroatoms. The Morgan fingerprint density at radius 2 is 2.10 bits per heavy atom. The minimum Gasteiger partial charge on any atom is -0.447 e. The molecule has 0 bridgehead atoms. The van der Waals surface area contributed by atoms with Gasteiger partial charge < -0.3 is 24.5 Å². The number of amides is 1. The van der Waals surface area contributed by atoms with Gasteiger partial charge in [-0.25, -0.2) is 4.79 Å². The van der Waals surface area contributed by atoms with E-state index < -0.39 is 6.10 Å². The molecule has 0 unspecified atom stereocenters. The number of nitrogens with one attached hydrogen (secondary N) is 1. The first kappa shape index (κ1) is 23.3. The molecule has 1 saturated heterocycles. The summed E-state index contributed by atoms with van der Waals surface area (Å²) in [5.74, 6) is 0.144. The van der Waals surface area contributed by atoms with Crippen molar-refractivity contribution in [3.63, 3.8) is 0 Å². The second kappa shape index (κ2) is 9.84. The molecule has 170 valence electrons. The van der Waals surface area contributed by atoms with Gasteiger partial charge in [-0.1, -0.05) is 16.7 Å². The van der Waals surface area contributed by atoms with E-state index in [-0.39, 0.29) is 30.1 Å². The number of benzene rings is 1. The number of hydrogen-bond donors (Lipinski definition) is 2. The van der Waals surface area contributed by atoms with E-state index in [1.165, 1.54) is 0 Å². The number of rotatable bonds is 6. The van der Waals surface area contributed by atoms with Crippen LogP contribution in [0.25, 0.3) is 0 Å². The maximum Gasteiger partial charge on any atom is 0.410 e. The van der Waals surface area contributed by atoms with E-state index in [0.29, 0.717) is 18.1 Å². The van der Waals surface area contributed by atoms with Crippen LogP contribution in [0.3, 0.4) is 0 Å². The van der Waals surface area contributed by atoms with Gasteiger partial charge in [-0.3, -0.25) is 4.90 Å². The molecule has 1 fully saturated rings. The Morgan fingerprint density at radius 1 is 1.35 bits per heavy atom. The number of ether oxygens (including phenoxy) is 1. The van der Waals surface area contributed by atoms with Gasteiger partial charge in [0.2, 0.25) is 5.89 Å². The standard InChI is InChI=1S/C21H30ClN5O4/c1-12(2)30-21(29)27-7-6-26(10-13(27)3)11-16-8-17(22)9-18(14(16)4)23-20-25-24-19(31-20)15(5)28/h8-9,12-13,15,28H,6-7,10-11H2,1-5H3,(H,23,25)/t13-,15-/m0/s1. The molecule has 2 N–H and O–H groups in total. The molecule has 2 heterocycles. The van der Waals surface area contributed by atoms with Gasteiger partial charge in [-0.05, 0) is 57.9 Å². The zero-order valence-electron chi connectivity index (χ0n) is 18.6. The van der Waals surface area contributed by atoms with Gasteiger partial charge in [0.1, 0.15) is 6.10 Å². The average molecular weight is 452 g/mol. The van der Waals surface area contributed by atoms with Crippen molar-refractivity contribution < 1.29 is 19.1 Å². The number of nitrogens with zero attached hydrogens (tertiary/aromatic N) is 4. The van der Waals surface area contributed by atoms with Crippen LogP contribution >= 0.6 is 11.6 Å². The zero-order chi connectivity index (χ0) is 22.7. The van der Waals surface area contributed by atoms with Crippen LogP contribution in [0, 0.1) is 6.92 Å². The molecule has 3 rings (SSSR count). The van der Waals surface area contributed by atoms with Gasteiger partial charge in [-0.2, -0.15) is 0 Å². The number of aromatic nitrogens is 2. The Morgan fingerprint density at radius 3 is 2.71 bits per heavy atom. The molecule has 31 heavy (non-hydrogen) atoms. The summed E-state index contributed by atoms with van der Waals surface area (Å²) in [4.78, 5) is 16.3. The first-order chi connectivity index (χ1) is 14.6. The third-order valence-electron chi connectivity index (χ3n) is 5.20. The summed E-state index contributed by atoms with van der Waals surface area (Å²) in [6, 6.07) is 3.99. The van der Waals surface area contributed by atoms with Crippen molar-refractivity contribution >= 4 is 29.4 Å². The van der Waals surface area contributed by atoms with E-state index in [9.17, 15) is 9.90 Å². The summed E-state index contributed by atoms with van der Waals surface area (Å²) >= 11 is 6.37. The number of anilines is 2. The highest BCUT2D eigenvalue weighted by Gasteiger charge is 2.29. The van der Waals surface area contributed by atoms with Gasteiger partial charge in [0, 0.05) is 42.9 Å². The predicted octanol–water partition coefficient (Wildman–Crippen LogP) is 3.88. The lowest BCUT2D eigenvalue weighted by molar-refractivity contribution is 0.0349. The Kier molecular flexibility index (Phi) is 7.40. The van der Waals surface area contributed by atoms with Crippen molar-refractivity contribution in [3.8, 4) is 0 Å². The normalized spacial score (nSPS) is 18.3. The maximum absolute atomic E-state index is 12.3. The number of halogens is 1. The zero-order valence-corrected chi connectivity index (χ0v) is 19.3. The second-order valence-corrected chi connectivity index (χ2v) is 8.63. The van der Waals surface area contributed by atoms with Crippen LogP contribution in [0.2, 0.25) is 5.02 Å². The molecule has 0 saturated carbocycles. The summed E-state index contributed by atoms with van der Waals surface area (Å²) in [5.41, 5.74) is 2.83. The summed E-state index contributed by atoms with van der Waals surface area (Å²) in [7, 11) is 0. The Balaban J connectivity index is 1.69. The van der Waals surface area contributed by atoms with Gasteiger partial charge in [-0.15, -0.1) is 5.10 Å². The van der Waals surface area contributed by atoms with Gasteiger partial charge in [0.15, 0.2) is 0 Å². The van der Waals surface area contributed by atoms with E-state index in [1.807, 2.05) is 33.8 Å². The molecule has 1 aromatic heterocycles. The van der Waals surface area contributed by atoms with Crippen LogP contribution in [-0.2, 0) is 11.3 Å². The fraction of sp³-hybridized carbons (Fsp3) is 0.571. The molecular formula is C21H30ClN5O4. The highest BCUT2D eigenvalue weighted by molar-refractivity contribution is 6.31. The molecule has 1 aliphatic heterocycles. The first-order valence-electron chi connectivity index (χ1n) is 10.4. The van der Waals surface area contributed by atoms with Crippen LogP contribution in [0.15, 0.2) is 16.5 Å². The molecule has 0 radical (unpaired) electrons. The van der Waals surface area contributed by atoms with E-state index in [1.54, 1.807) is 17.9 Å². The van der Waals surface area contributed by atoms with Crippen molar-refractivity contribution in [3.05, 3.63) is 34.2 Å². The van der Waals surface area contributed by atoms with Crippen molar-refractivity contribution in [2.24, 2.45) is 0 Å². The van der Waals surface area contributed by atoms with Crippen molar-refractivity contribution in [2.75, 3.05) is 25.0 Å². The molecule has 1 aromatic carbocycles. The number of hydrogen-bond acceptors (Lipinski definition) is 8. The number of carbonyl (C=O) groups excluding carboxylic acids is 1. The largest absolute Gasteiger partial charge is 0.447 e. The monoisotopic (exact) mass is 451 g/mol. The predicted molar refractivity (Wildman–Crippen MR) is 117 cm³/mol. The summed E-state index contributed by atoms with van der Waals surface area (Å²) in [6.45, 7) is 12.1. The highest BCUT2D eigenvalue weighted by atomic mass is 35.5. The van der Waals surface area contributed by atoms with E-state index >= 15 is 0 Å². The molecule has 1 amide bonds. The third kappa shape index (κ3) is 5.87. The molecule has 2 aromatic rings. The fourth-order valence-corrected chi connectivity index (χ4v) is 3.80. The van der Waals surface area contributed by atoms with Crippen LogP contribution in [0.5, 0.6) is 0 Å². The van der Waals surface area contributed by atoms with Crippen LogP contribution in [0.1, 0.15) is 50.8 Å². The molecule has 9 nitrogen and oxygen atoms in total. The van der Waals surface area contributed by atoms with E-state index in [0.717, 1.165) is 29.9 Å². The maximum atomic E-state index is 12.3. The molecule has 1 aliphatic rings. The summed E-state index contributed by atoms with van der Waals surface area (Å²) in [6.07, 6.45) is -1.23. The lowest BCUT2D eigenvalue weighted by atomic mass is 10.0. The summed E-state index contributed by atoms with van der Waals surface area (Å²) in [5, 5.41) is 21.0. The average Bonchev–Trinajstić information content (AvgIpc) is 3.14. The third-order valence-corrected chi connectivity index (χ3v) is 5.41. The lowest BCUT2D eigenvalue weighted by Crippen LogP contribution is -2.54. The fourth-order valence-electron chi connectivity index (χ4n) is 3.56. The Bertz CT molecular complexity index is 917. The highest BCUT2D eigenvalue weighted by Crippen LogP contribution is 2.29. The minimum atomic E-state index is -0.836. The minimum absolute atomic E-state index is 0.0503. The number of aliphatic hydroxyl groups is 1. The van der Waals surface area contributed by atoms with Gasteiger partial charge in [0.25, 0.3) is 0 Å². The molecular weight excluding hydrogens is 422 g/mol. The number of aliphatic hydroxyl groups excluding tert-OH is 1. The van der Waals surface area contributed by atoms with Crippen molar-refractivity contribution in [1.29, 1.82) is 0 Å².